The molecule has 1 aromatic rings. The fourth-order valence-electron chi connectivity index (χ4n) is 4.13. The van der Waals surface area contributed by atoms with E-state index in [2.05, 4.69) is 31.0 Å². The van der Waals surface area contributed by atoms with Crippen molar-refractivity contribution >= 4 is 11.8 Å². The van der Waals surface area contributed by atoms with Crippen LogP contribution < -0.4 is 0 Å². The first-order chi connectivity index (χ1) is 11.5. The molecule has 1 N–H and O–H groups in total. The minimum absolute atomic E-state index is 0.0125. The van der Waals surface area contributed by atoms with Gasteiger partial charge in [-0.3, -0.25) is 14.7 Å². The summed E-state index contributed by atoms with van der Waals surface area (Å²) in [5.41, 5.74) is 1.20. The molecule has 0 aliphatic carbocycles. The molecule has 1 spiro atoms. The number of piperidine rings is 1. The SMILES string of the molecule is CCCc1[nH]ncc1C(=O)N1CCC2(CCCN(C(C)C)C2=O)C1. The summed E-state index contributed by atoms with van der Waals surface area (Å²) in [5, 5.41) is 6.98. The van der Waals surface area contributed by atoms with Crippen molar-refractivity contribution in [3.8, 4) is 0 Å². The molecule has 3 heterocycles. The lowest BCUT2D eigenvalue weighted by molar-refractivity contribution is -0.147. The van der Waals surface area contributed by atoms with Crippen LogP contribution in [0, 0.1) is 5.41 Å². The van der Waals surface area contributed by atoms with Gasteiger partial charge in [0.05, 0.1) is 17.2 Å². The zero-order valence-corrected chi connectivity index (χ0v) is 15.0. The first kappa shape index (κ1) is 17.0. The van der Waals surface area contributed by atoms with Crippen LogP contribution in [0.25, 0.3) is 0 Å². The predicted molar refractivity (Wildman–Crippen MR) is 91.6 cm³/mol. The van der Waals surface area contributed by atoms with Gasteiger partial charge in [-0.05, 0) is 39.5 Å². The zero-order chi connectivity index (χ0) is 17.3. The van der Waals surface area contributed by atoms with E-state index in [4.69, 9.17) is 0 Å². The number of likely N-dealkylation sites (tertiary alicyclic amines) is 2. The summed E-state index contributed by atoms with van der Waals surface area (Å²) >= 11 is 0. The van der Waals surface area contributed by atoms with Gasteiger partial charge in [0.1, 0.15) is 0 Å². The molecule has 0 radical (unpaired) electrons. The summed E-state index contributed by atoms with van der Waals surface area (Å²) in [4.78, 5) is 29.7. The Morgan fingerprint density at radius 1 is 1.38 bits per heavy atom. The molecule has 0 aromatic carbocycles. The van der Waals surface area contributed by atoms with Gasteiger partial charge in [0.15, 0.2) is 0 Å². The van der Waals surface area contributed by atoms with Crippen LogP contribution in [0.4, 0.5) is 0 Å². The number of amides is 2. The van der Waals surface area contributed by atoms with E-state index >= 15 is 0 Å². The van der Waals surface area contributed by atoms with Crippen molar-refractivity contribution in [3.05, 3.63) is 17.5 Å². The van der Waals surface area contributed by atoms with Crippen molar-refractivity contribution < 1.29 is 9.59 Å². The van der Waals surface area contributed by atoms with E-state index in [1.54, 1.807) is 6.20 Å². The van der Waals surface area contributed by atoms with Gasteiger partial charge < -0.3 is 9.80 Å². The Balaban J connectivity index is 1.76. The van der Waals surface area contributed by atoms with Gasteiger partial charge in [-0.2, -0.15) is 5.10 Å². The number of carbonyl (C=O) groups excluding carboxylic acids is 2. The number of carbonyl (C=O) groups is 2. The van der Waals surface area contributed by atoms with Crippen LogP contribution in [-0.2, 0) is 11.2 Å². The number of hydrogen-bond acceptors (Lipinski definition) is 3. The molecule has 1 atom stereocenters. The van der Waals surface area contributed by atoms with E-state index < -0.39 is 0 Å². The molecule has 2 amide bonds. The summed E-state index contributed by atoms with van der Waals surface area (Å²) in [5.74, 6) is 0.249. The Hall–Kier alpha value is -1.85. The summed E-state index contributed by atoms with van der Waals surface area (Å²) in [6, 6.07) is 0.226. The number of aromatic amines is 1. The molecular formula is C18H28N4O2. The van der Waals surface area contributed by atoms with Gasteiger partial charge in [-0.15, -0.1) is 0 Å². The summed E-state index contributed by atoms with van der Waals surface area (Å²) < 4.78 is 0. The smallest absolute Gasteiger partial charge is 0.257 e. The standard InChI is InChI=1S/C18H28N4O2/c1-4-6-15-14(11-19-20-15)16(23)21-10-8-18(12-21)7-5-9-22(13(2)3)17(18)24/h11,13H,4-10,12H2,1-3H3,(H,19,20). The number of aromatic nitrogens is 2. The molecule has 0 bridgehead atoms. The van der Waals surface area contributed by atoms with Crippen LogP contribution in [0.1, 0.15) is 62.5 Å². The summed E-state index contributed by atoms with van der Waals surface area (Å²) in [7, 11) is 0. The van der Waals surface area contributed by atoms with Crippen molar-refractivity contribution in [1.29, 1.82) is 0 Å². The molecule has 2 aliphatic rings. The average Bonchev–Trinajstić information content (AvgIpc) is 3.18. The lowest BCUT2D eigenvalue weighted by Gasteiger charge is -2.41. The molecule has 3 rings (SSSR count). The number of rotatable bonds is 4. The van der Waals surface area contributed by atoms with Crippen LogP contribution in [0.15, 0.2) is 6.20 Å². The van der Waals surface area contributed by atoms with E-state index in [0.717, 1.165) is 44.3 Å². The quantitative estimate of drug-likeness (QED) is 0.919. The molecule has 6 heteroatoms. The maximum Gasteiger partial charge on any atom is 0.257 e. The number of hydrogen-bond donors (Lipinski definition) is 1. The molecule has 132 valence electrons. The highest BCUT2D eigenvalue weighted by molar-refractivity contribution is 5.96. The van der Waals surface area contributed by atoms with E-state index in [0.29, 0.717) is 18.7 Å². The predicted octanol–water partition coefficient (Wildman–Crippen LogP) is 2.23. The number of nitrogens with one attached hydrogen (secondary N) is 1. The highest BCUT2D eigenvalue weighted by atomic mass is 16.2. The zero-order valence-electron chi connectivity index (χ0n) is 15.0. The van der Waals surface area contributed by atoms with Gasteiger partial charge in [-0.25, -0.2) is 0 Å². The minimum atomic E-state index is -0.368. The highest BCUT2D eigenvalue weighted by Gasteiger charge is 2.50. The summed E-state index contributed by atoms with van der Waals surface area (Å²) in [6.45, 7) is 8.27. The van der Waals surface area contributed by atoms with E-state index in [9.17, 15) is 9.59 Å². The Kier molecular flexibility index (Phi) is 4.65. The van der Waals surface area contributed by atoms with Crippen molar-refractivity contribution in [1.82, 2.24) is 20.0 Å². The largest absolute Gasteiger partial charge is 0.340 e. The highest BCUT2D eigenvalue weighted by Crippen LogP contribution is 2.41. The Bertz CT molecular complexity index is 624. The molecule has 1 unspecified atom stereocenters. The first-order valence-electron chi connectivity index (χ1n) is 9.11. The Labute approximate surface area is 143 Å². The van der Waals surface area contributed by atoms with Crippen LogP contribution in [0.5, 0.6) is 0 Å². The number of H-pyrrole nitrogens is 1. The summed E-state index contributed by atoms with van der Waals surface area (Å²) in [6.07, 6.45) is 6.11. The second kappa shape index (κ2) is 6.57. The van der Waals surface area contributed by atoms with E-state index in [-0.39, 0.29) is 23.3 Å². The third-order valence-corrected chi connectivity index (χ3v) is 5.48. The topological polar surface area (TPSA) is 69.3 Å². The molecule has 24 heavy (non-hydrogen) atoms. The van der Waals surface area contributed by atoms with Crippen molar-refractivity contribution in [2.45, 2.75) is 58.9 Å². The lowest BCUT2D eigenvalue weighted by atomic mass is 9.78. The second-order valence-corrected chi connectivity index (χ2v) is 7.47. The van der Waals surface area contributed by atoms with Gasteiger partial charge in [0.25, 0.3) is 5.91 Å². The van der Waals surface area contributed by atoms with Crippen LogP contribution in [0.2, 0.25) is 0 Å². The maximum atomic E-state index is 13.0. The lowest BCUT2D eigenvalue weighted by Crippen LogP contribution is -2.52. The fraction of sp³-hybridized carbons (Fsp3) is 0.722. The molecule has 0 saturated carbocycles. The fourth-order valence-corrected chi connectivity index (χ4v) is 4.13. The molecule has 2 saturated heterocycles. The monoisotopic (exact) mass is 332 g/mol. The van der Waals surface area contributed by atoms with E-state index in [1.807, 2.05) is 9.80 Å². The van der Waals surface area contributed by atoms with Crippen molar-refractivity contribution in [3.63, 3.8) is 0 Å². The minimum Gasteiger partial charge on any atom is -0.340 e. The van der Waals surface area contributed by atoms with E-state index in [1.165, 1.54) is 0 Å². The Morgan fingerprint density at radius 2 is 2.17 bits per heavy atom. The van der Waals surface area contributed by atoms with Crippen molar-refractivity contribution in [2.75, 3.05) is 19.6 Å². The Morgan fingerprint density at radius 3 is 2.88 bits per heavy atom. The number of nitrogens with zero attached hydrogens (tertiary/aromatic N) is 3. The van der Waals surface area contributed by atoms with Crippen LogP contribution in [-0.4, -0.2) is 57.5 Å². The van der Waals surface area contributed by atoms with Gasteiger partial charge >= 0.3 is 0 Å². The normalized spacial score (nSPS) is 24.4. The molecule has 6 nitrogen and oxygen atoms in total. The van der Waals surface area contributed by atoms with Crippen molar-refractivity contribution in [2.24, 2.45) is 5.41 Å². The van der Waals surface area contributed by atoms with Gasteiger partial charge in [-0.1, -0.05) is 13.3 Å². The molecule has 2 fully saturated rings. The molecule has 1 aromatic heterocycles. The second-order valence-electron chi connectivity index (χ2n) is 7.47. The van der Waals surface area contributed by atoms with Gasteiger partial charge in [0.2, 0.25) is 5.91 Å². The van der Waals surface area contributed by atoms with Crippen LogP contribution in [0.3, 0.4) is 0 Å². The third kappa shape index (κ3) is 2.82. The first-order valence-corrected chi connectivity index (χ1v) is 9.11. The van der Waals surface area contributed by atoms with Crippen LogP contribution >= 0.6 is 0 Å². The average molecular weight is 332 g/mol. The van der Waals surface area contributed by atoms with Gasteiger partial charge in [0, 0.05) is 31.4 Å². The number of aryl methyl sites for hydroxylation is 1. The molecular weight excluding hydrogens is 304 g/mol. The molecule has 2 aliphatic heterocycles. The maximum absolute atomic E-state index is 13.0. The third-order valence-electron chi connectivity index (χ3n) is 5.48.